The molecule has 0 unspecified atom stereocenters. The van der Waals surface area contributed by atoms with Crippen molar-refractivity contribution in [3.63, 3.8) is 0 Å². The van der Waals surface area contributed by atoms with E-state index in [1.165, 1.54) is 0 Å². The second-order valence-electron chi connectivity index (χ2n) is 8.94. The summed E-state index contributed by atoms with van der Waals surface area (Å²) in [6, 6.07) is 25.4. The SMILES string of the molecule is CC(C)C(=O)Nc1ccc(N2C(=S)N[C@H](c3ccccn3)[C@H]2c2cccn2-c2ccccc2)cc1Cl. The van der Waals surface area contributed by atoms with Crippen molar-refractivity contribution in [2.24, 2.45) is 5.92 Å². The van der Waals surface area contributed by atoms with Crippen LogP contribution in [0.15, 0.2) is 91.3 Å². The van der Waals surface area contributed by atoms with Gasteiger partial charge in [0.25, 0.3) is 0 Å². The highest BCUT2D eigenvalue weighted by atomic mass is 35.5. The van der Waals surface area contributed by atoms with Gasteiger partial charge < -0.3 is 20.1 Å². The lowest BCUT2D eigenvalue weighted by molar-refractivity contribution is -0.118. The zero-order valence-corrected chi connectivity index (χ0v) is 21.5. The van der Waals surface area contributed by atoms with Gasteiger partial charge in [0.1, 0.15) is 6.04 Å². The Morgan fingerprint density at radius 1 is 1.03 bits per heavy atom. The summed E-state index contributed by atoms with van der Waals surface area (Å²) in [5.74, 6) is -0.234. The van der Waals surface area contributed by atoms with Crippen molar-refractivity contribution in [2.45, 2.75) is 25.9 Å². The Morgan fingerprint density at radius 3 is 2.50 bits per heavy atom. The van der Waals surface area contributed by atoms with Crippen molar-refractivity contribution < 1.29 is 4.79 Å². The third-order valence-electron chi connectivity index (χ3n) is 6.23. The van der Waals surface area contributed by atoms with Gasteiger partial charge in [0.2, 0.25) is 5.91 Å². The third kappa shape index (κ3) is 4.59. The number of benzene rings is 2. The molecule has 0 aliphatic carbocycles. The molecule has 5 rings (SSSR count). The number of amides is 1. The predicted octanol–water partition coefficient (Wildman–Crippen LogP) is 6.30. The van der Waals surface area contributed by atoms with E-state index >= 15 is 0 Å². The van der Waals surface area contributed by atoms with Crippen molar-refractivity contribution in [1.82, 2.24) is 14.9 Å². The Hall–Kier alpha value is -3.68. The summed E-state index contributed by atoms with van der Waals surface area (Å²) >= 11 is 12.5. The Balaban J connectivity index is 1.59. The fraction of sp³-hybridized carbons (Fsp3) is 0.179. The van der Waals surface area contributed by atoms with Crippen LogP contribution in [0.25, 0.3) is 5.69 Å². The summed E-state index contributed by atoms with van der Waals surface area (Å²) in [6.45, 7) is 3.69. The van der Waals surface area contributed by atoms with Crippen molar-refractivity contribution in [3.8, 4) is 5.69 Å². The number of halogens is 1. The van der Waals surface area contributed by atoms with Crippen LogP contribution in [0.5, 0.6) is 0 Å². The van der Waals surface area contributed by atoms with Crippen LogP contribution in [-0.2, 0) is 4.79 Å². The van der Waals surface area contributed by atoms with Gasteiger partial charge in [0, 0.05) is 35.4 Å². The molecule has 0 saturated carbocycles. The number of anilines is 2. The second kappa shape index (κ2) is 10.1. The predicted molar refractivity (Wildman–Crippen MR) is 149 cm³/mol. The topological polar surface area (TPSA) is 62.2 Å². The first-order valence-corrected chi connectivity index (χ1v) is 12.6. The molecule has 0 bridgehead atoms. The van der Waals surface area contributed by atoms with Gasteiger partial charge in [-0.05, 0) is 66.8 Å². The van der Waals surface area contributed by atoms with E-state index in [0.29, 0.717) is 15.8 Å². The number of aromatic nitrogens is 2. The monoisotopic (exact) mass is 515 g/mol. The molecule has 8 heteroatoms. The van der Waals surface area contributed by atoms with Gasteiger partial charge in [-0.1, -0.05) is 49.7 Å². The summed E-state index contributed by atoms with van der Waals surface area (Å²) in [6.07, 6.45) is 3.84. The van der Waals surface area contributed by atoms with E-state index < -0.39 is 0 Å². The van der Waals surface area contributed by atoms with Gasteiger partial charge in [0.15, 0.2) is 5.11 Å². The van der Waals surface area contributed by atoms with Crippen LogP contribution >= 0.6 is 23.8 Å². The normalized spacial score (nSPS) is 17.3. The number of nitrogens with one attached hydrogen (secondary N) is 2. The maximum Gasteiger partial charge on any atom is 0.226 e. The molecule has 3 heterocycles. The van der Waals surface area contributed by atoms with Crippen LogP contribution in [0.4, 0.5) is 11.4 Å². The zero-order valence-electron chi connectivity index (χ0n) is 19.9. The van der Waals surface area contributed by atoms with E-state index in [1.807, 2.05) is 74.5 Å². The Labute approximate surface area is 220 Å². The minimum atomic E-state index is -0.199. The van der Waals surface area contributed by atoms with Crippen LogP contribution in [0.2, 0.25) is 5.02 Å². The Kier molecular flexibility index (Phi) is 6.76. The van der Waals surface area contributed by atoms with Gasteiger partial charge in [-0.25, -0.2) is 0 Å². The highest BCUT2D eigenvalue weighted by Gasteiger charge is 2.42. The summed E-state index contributed by atoms with van der Waals surface area (Å²) < 4.78 is 2.17. The first kappa shape index (κ1) is 24.0. The average molecular weight is 516 g/mol. The van der Waals surface area contributed by atoms with E-state index in [9.17, 15) is 4.79 Å². The summed E-state index contributed by atoms with van der Waals surface area (Å²) in [5.41, 5.74) is 4.39. The lowest BCUT2D eigenvalue weighted by atomic mass is 10.0. The second-order valence-corrected chi connectivity index (χ2v) is 9.74. The van der Waals surface area contributed by atoms with Gasteiger partial charge in [-0.15, -0.1) is 0 Å². The fourth-order valence-corrected chi connectivity index (χ4v) is 4.99. The van der Waals surface area contributed by atoms with Crippen LogP contribution in [-0.4, -0.2) is 20.6 Å². The highest BCUT2D eigenvalue weighted by molar-refractivity contribution is 7.80. The lowest BCUT2D eigenvalue weighted by Crippen LogP contribution is -2.30. The molecule has 1 aliphatic heterocycles. The van der Waals surface area contributed by atoms with Crippen molar-refractivity contribution in [2.75, 3.05) is 10.2 Å². The number of thiocarbonyl (C=S) groups is 1. The van der Waals surface area contributed by atoms with Gasteiger partial charge >= 0.3 is 0 Å². The Bertz CT molecular complexity index is 1390. The minimum absolute atomic E-state index is 0.0863. The van der Waals surface area contributed by atoms with Crippen LogP contribution in [0.3, 0.4) is 0 Å². The van der Waals surface area contributed by atoms with Crippen LogP contribution in [0.1, 0.15) is 37.3 Å². The molecule has 2 aromatic heterocycles. The third-order valence-corrected chi connectivity index (χ3v) is 6.86. The molecule has 1 amide bonds. The minimum Gasteiger partial charge on any atom is -0.351 e. The molecular formula is C28H26ClN5OS. The summed E-state index contributed by atoms with van der Waals surface area (Å²) in [7, 11) is 0. The van der Waals surface area contributed by atoms with Crippen LogP contribution in [0, 0.1) is 5.92 Å². The lowest BCUT2D eigenvalue weighted by Gasteiger charge is -2.29. The van der Waals surface area contributed by atoms with Gasteiger partial charge in [0.05, 0.1) is 22.4 Å². The van der Waals surface area contributed by atoms with E-state index in [0.717, 1.165) is 22.8 Å². The van der Waals surface area contributed by atoms with E-state index in [2.05, 4.69) is 49.5 Å². The molecule has 2 N–H and O–H groups in total. The number of hydrogen-bond acceptors (Lipinski definition) is 3. The number of carbonyl (C=O) groups excluding carboxylic acids is 1. The van der Waals surface area contributed by atoms with Gasteiger partial charge in [-0.2, -0.15) is 0 Å². The standard InChI is InChI=1S/C28H26ClN5OS/c1-18(2)27(35)31-22-14-13-20(17-21(22)29)34-26(25(32-28(34)36)23-11-6-7-15-30-23)24-12-8-16-33(24)19-9-4-3-5-10-19/h3-18,25-26H,1-2H3,(H,31,35)(H,32,36)/t25-,26-/m1/s1. The van der Waals surface area contributed by atoms with E-state index in [-0.39, 0.29) is 23.9 Å². The smallest absolute Gasteiger partial charge is 0.226 e. The molecule has 1 saturated heterocycles. The number of para-hydroxylation sites is 1. The molecule has 0 radical (unpaired) electrons. The number of rotatable bonds is 6. The average Bonchev–Trinajstić information content (AvgIpc) is 3.50. The van der Waals surface area contributed by atoms with E-state index in [4.69, 9.17) is 23.8 Å². The largest absolute Gasteiger partial charge is 0.351 e. The highest BCUT2D eigenvalue weighted by Crippen LogP contribution is 2.43. The first-order chi connectivity index (χ1) is 17.4. The fourth-order valence-electron chi connectivity index (χ4n) is 4.42. The maximum absolute atomic E-state index is 12.2. The maximum atomic E-state index is 12.2. The zero-order chi connectivity index (χ0) is 25.2. The number of hydrogen-bond donors (Lipinski definition) is 2. The van der Waals surface area contributed by atoms with Crippen molar-refractivity contribution in [1.29, 1.82) is 0 Å². The molecule has 6 nitrogen and oxygen atoms in total. The van der Waals surface area contributed by atoms with E-state index in [1.54, 1.807) is 6.20 Å². The van der Waals surface area contributed by atoms with Gasteiger partial charge in [-0.3, -0.25) is 9.78 Å². The molecule has 1 fully saturated rings. The molecule has 4 aromatic rings. The van der Waals surface area contributed by atoms with Crippen molar-refractivity contribution >= 4 is 46.2 Å². The molecule has 1 aliphatic rings. The number of nitrogens with zero attached hydrogens (tertiary/aromatic N) is 3. The molecule has 182 valence electrons. The number of pyridine rings is 1. The quantitative estimate of drug-likeness (QED) is 0.295. The van der Waals surface area contributed by atoms with Crippen molar-refractivity contribution in [3.05, 3.63) is 108 Å². The Morgan fingerprint density at radius 2 is 1.81 bits per heavy atom. The number of carbonyl (C=O) groups is 1. The summed E-state index contributed by atoms with van der Waals surface area (Å²) in [4.78, 5) is 18.9. The molecule has 36 heavy (non-hydrogen) atoms. The summed E-state index contributed by atoms with van der Waals surface area (Å²) in [5, 5.41) is 7.40. The molecule has 2 aromatic carbocycles. The molecular weight excluding hydrogens is 490 g/mol. The molecule has 0 spiro atoms. The van der Waals surface area contributed by atoms with Crippen LogP contribution < -0.4 is 15.5 Å². The first-order valence-electron chi connectivity index (χ1n) is 11.8. The molecule has 2 atom stereocenters.